The predicted octanol–water partition coefficient (Wildman–Crippen LogP) is 4.50. The van der Waals surface area contributed by atoms with Crippen molar-refractivity contribution < 1.29 is 9.53 Å². The molecule has 0 unspecified atom stereocenters. The molecule has 0 fully saturated rings. The van der Waals surface area contributed by atoms with Gasteiger partial charge in [0.05, 0.1) is 6.54 Å². The summed E-state index contributed by atoms with van der Waals surface area (Å²) in [5, 5.41) is 1.92. The Hall–Kier alpha value is -1.69. The van der Waals surface area contributed by atoms with Crippen molar-refractivity contribution in [2.24, 2.45) is 4.99 Å². The number of aliphatic imine (C=N–C) groups is 1. The van der Waals surface area contributed by atoms with Crippen molar-refractivity contribution in [2.75, 3.05) is 19.7 Å². The number of amidine groups is 1. The van der Waals surface area contributed by atoms with Crippen LogP contribution < -0.4 is 4.74 Å². The highest BCUT2D eigenvalue weighted by molar-refractivity contribution is 8.13. The molecule has 0 atom stereocenters. The first-order chi connectivity index (χ1) is 12.1. The monoisotopic (exact) mass is 394 g/mol. The second kappa shape index (κ2) is 8.61. The summed E-state index contributed by atoms with van der Waals surface area (Å²) in [5.41, 5.74) is 0.957. The first kappa shape index (κ1) is 18.1. The van der Waals surface area contributed by atoms with Crippen molar-refractivity contribution in [2.45, 2.75) is 5.75 Å². The van der Waals surface area contributed by atoms with E-state index in [2.05, 4.69) is 4.99 Å². The fourth-order valence-electron chi connectivity index (χ4n) is 2.30. The Kier molecular flexibility index (Phi) is 6.24. The quantitative estimate of drug-likeness (QED) is 0.749. The van der Waals surface area contributed by atoms with Crippen LogP contribution in [0.5, 0.6) is 5.75 Å². The van der Waals surface area contributed by atoms with Gasteiger partial charge in [0.2, 0.25) is 0 Å². The zero-order valence-electron chi connectivity index (χ0n) is 13.3. The molecule has 4 nitrogen and oxygen atoms in total. The minimum Gasteiger partial charge on any atom is -0.484 e. The van der Waals surface area contributed by atoms with Gasteiger partial charge in [-0.1, -0.05) is 59.2 Å². The van der Waals surface area contributed by atoms with E-state index in [1.165, 1.54) is 11.8 Å². The van der Waals surface area contributed by atoms with Gasteiger partial charge >= 0.3 is 0 Å². The molecule has 3 rings (SSSR count). The first-order valence-corrected chi connectivity index (χ1v) is 9.47. The highest BCUT2D eigenvalue weighted by Gasteiger charge is 2.24. The molecule has 0 saturated carbocycles. The van der Waals surface area contributed by atoms with Gasteiger partial charge in [-0.3, -0.25) is 14.7 Å². The normalized spacial score (nSPS) is 13.7. The fraction of sp³-hybridized carbons (Fsp3) is 0.222. The standard InChI is InChI=1S/C18H16Cl2N2O2S/c19-14-7-6-13(16(20)10-14)12-25-18-21-8-9-22(18)17(23)11-24-15-4-2-1-3-5-15/h1-7,10H,8-9,11-12H2. The molecule has 130 valence electrons. The lowest BCUT2D eigenvalue weighted by molar-refractivity contribution is -0.128. The Labute approximate surface area is 160 Å². The van der Waals surface area contributed by atoms with Crippen LogP contribution in [0.25, 0.3) is 0 Å². The van der Waals surface area contributed by atoms with Gasteiger partial charge in [-0.05, 0) is 29.8 Å². The van der Waals surface area contributed by atoms with E-state index in [9.17, 15) is 4.79 Å². The summed E-state index contributed by atoms with van der Waals surface area (Å²) >= 11 is 13.6. The summed E-state index contributed by atoms with van der Waals surface area (Å²) in [6.45, 7) is 1.17. The molecule has 0 aliphatic carbocycles. The number of ether oxygens (including phenoxy) is 1. The summed E-state index contributed by atoms with van der Waals surface area (Å²) in [4.78, 5) is 18.5. The van der Waals surface area contributed by atoms with E-state index in [-0.39, 0.29) is 12.5 Å². The minimum absolute atomic E-state index is 0.00864. The second-order valence-electron chi connectivity index (χ2n) is 5.34. The molecule has 0 radical (unpaired) electrons. The third kappa shape index (κ3) is 4.91. The van der Waals surface area contributed by atoms with Crippen molar-refractivity contribution in [3.8, 4) is 5.75 Å². The second-order valence-corrected chi connectivity index (χ2v) is 7.12. The van der Waals surface area contributed by atoms with Crippen LogP contribution in [0.2, 0.25) is 10.0 Å². The third-order valence-electron chi connectivity index (χ3n) is 3.58. The van der Waals surface area contributed by atoms with Crippen molar-refractivity contribution >= 4 is 46.0 Å². The van der Waals surface area contributed by atoms with Gasteiger partial charge in [-0.25, -0.2) is 0 Å². The number of rotatable bonds is 5. The lowest BCUT2D eigenvalue weighted by Gasteiger charge is -2.18. The van der Waals surface area contributed by atoms with Crippen LogP contribution in [0.15, 0.2) is 53.5 Å². The lowest BCUT2D eigenvalue weighted by Crippen LogP contribution is -2.36. The summed E-state index contributed by atoms with van der Waals surface area (Å²) in [7, 11) is 0. The minimum atomic E-state index is -0.102. The molecule has 1 aliphatic heterocycles. The Bertz CT molecular complexity index is 784. The van der Waals surface area contributed by atoms with E-state index in [4.69, 9.17) is 27.9 Å². The van der Waals surface area contributed by atoms with Crippen molar-refractivity contribution in [1.82, 2.24) is 4.90 Å². The number of carbonyl (C=O) groups excluding carboxylic acids is 1. The highest BCUT2D eigenvalue weighted by atomic mass is 35.5. The number of hydrogen-bond donors (Lipinski definition) is 0. The van der Waals surface area contributed by atoms with Crippen LogP contribution in [-0.2, 0) is 10.5 Å². The summed E-state index contributed by atoms with van der Waals surface area (Å²) in [6, 6.07) is 14.7. The number of halogens is 2. The molecule has 1 aliphatic rings. The van der Waals surface area contributed by atoms with Crippen molar-refractivity contribution in [3.05, 3.63) is 64.1 Å². The van der Waals surface area contributed by atoms with Crippen molar-refractivity contribution in [1.29, 1.82) is 0 Å². The zero-order chi connectivity index (χ0) is 17.6. The average Bonchev–Trinajstić information content (AvgIpc) is 3.08. The molecule has 7 heteroatoms. The van der Waals surface area contributed by atoms with Crippen LogP contribution in [0.3, 0.4) is 0 Å². The third-order valence-corrected chi connectivity index (χ3v) is 5.23. The Morgan fingerprint density at radius 2 is 2.00 bits per heavy atom. The number of para-hydroxylation sites is 1. The van der Waals surface area contributed by atoms with Gasteiger partial charge in [-0.2, -0.15) is 0 Å². The van der Waals surface area contributed by atoms with Crippen molar-refractivity contribution in [3.63, 3.8) is 0 Å². The Morgan fingerprint density at radius 1 is 1.20 bits per heavy atom. The van der Waals surface area contributed by atoms with Gasteiger partial charge < -0.3 is 4.74 Å². The summed E-state index contributed by atoms with van der Waals surface area (Å²) < 4.78 is 5.53. The van der Waals surface area contributed by atoms with E-state index in [1.54, 1.807) is 17.0 Å². The average molecular weight is 395 g/mol. The van der Waals surface area contributed by atoms with Gasteiger partial charge in [-0.15, -0.1) is 0 Å². The molecule has 1 amide bonds. The van der Waals surface area contributed by atoms with E-state index in [0.717, 1.165) is 5.56 Å². The topological polar surface area (TPSA) is 41.9 Å². The van der Waals surface area contributed by atoms with Crippen LogP contribution in [0.4, 0.5) is 0 Å². The van der Waals surface area contributed by atoms with Crippen LogP contribution in [0, 0.1) is 0 Å². The maximum Gasteiger partial charge on any atom is 0.266 e. The Morgan fingerprint density at radius 3 is 2.76 bits per heavy atom. The van der Waals surface area contributed by atoms with E-state index in [1.807, 2.05) is 36.4 Å². The molecular weight excluding hydrogens is 379 g/mol. The van der Waals surface area contributed by atoms with Gasteiger partial charge in [0.25, 0.3) is 5.91 Å². The maximum atomic E-state index is 12.4. The molecule has 2 aromatic rings. The number of benzene rings is 2. The van der Waals surface area contributed by atoms with Crippen LogP contribution in [-0.4, -0.2) is 35.7 Å². The molecule has 0 spiro atoms. The van der Waals surface area contributed by atoms with Gasteiger partial charge in [0.15, 0.2) is 11.8 Å². The van der Waals surface area contributed by atoms with Gasteiger partial charge in [0, 0.05) is 22.3 Å². The number of hydrogen-bond acceptors (Lipinski definition) is 4. The summed E-state index contributed by atoms with van der Waals surface area (Å²) in [5.74, 6) is 1.20. The predicted molar refractivity (Wildman–Crippen MR) is 104 cm³/mol. The number of carbonyl (C=O) groups is 1. The highest BCUT2D eigenvalue weighted by Crippen LogP contribution is 2.27. The molecule has 25 heavy (non-hydrogen) atoms. The molecule has 0 bridgehead atoms. The molecule has 2 aromatic carbocycles. The molecule has 0 aromatic heterocycles. The summed E-state index contributed by atoms with van der Waals surface area (Å²) in [6.07, 6.45) is 0. The molecule has 0 N–H and O–H groups in total. The van der Waals surface area contributed by atoms with E-state index < -0.39 is 0 Å². The SMILES string of the molecule is O=C(COc1ccccc1)N1CCN=C1SCc1ccc(Cl)cc1Cl. The zero-order valence-corrected chi connectivity index (χ0v) is 15.7. The smallest absolute Gasteiger partial charge is 0.266 e. The fourth-order valence-corrected chi connectivity index (χ4v) is 3.92. The number of nitrogens with zero attached hydrogens (tertiary/aromatic N) is 2. The van der Waals surface area contributed by atoms with Gasteiger partial charge in [0.1, 0.15) is 5.75 Å². The molecular formula is C18H16Cl2N2O2S. The molecule has 0 saturated heterocycles. The maximum absolute atomic E-state index is 12.4. The Balaban J connectivity index is 1.55. The number of amides is 1. The largest absolute Gasteiger partial charge is 0.484 e. The lowest BCUT2D eigenvalue weighted by atomic mass is 10.2. The van der Waals surface area contributed by atoms with E-state index >= 15 is 0 Å². The van der Waals surface area contributed by atoms with E-state index in [0.29, 0.717) is 39.8 Å². The molecule has 1 heterocycles. The van der Waals surface area contributed by atoms with Crippen LogP contribution >= 0.6 is 35.0 Å². The van der Waals surface area contributed by atoms with Crippen LogP contribution in [0.1, 0.15) is 5.56 Å². The first-order valence-electron chi connectivity index (χ1n) is 7.73. The number of thioether (sulfide) groups is 1.